The number of hydrogen-bond donors (Lipinski definition) is 1. The molecule has 2 nitrogen and oxygen atoms in total. The predicted molar refractivity (Wildman–Crippen MR) is 59.1 cm³/mol. The van der Waals surface area contributed by atoms with Crippen molar-refractivity contribution in [3.8, 4) is 0 Å². The van der Waals surface area contributed by atoms with E-state index in [9.17, 15) is 0 Å². The highest BCUT2D eigenvalue weighted by Crippen LogP contribution is 2.21. The molecule has 78 valence electrons. The van der Waals surface area contributed by atoms with Crippen molar-refractivity contribution < 1.29 is 4.74 Å². The summed E-state index contributed by atoms with van der Waals surface area (Å²) in [6, 6.07) is 10.2. The molecule has 0 radical (unpaired) electrons. The van der Waals surface area contributed by atoms with Crippen molar-refractivity contribution in [2.45, 2.75) is 31.9 Å². The summed E-state index contributed by atoms with van der Waals surface area (Å²) >= 11 is 0. The third kappa shape index (κ3) is 2.82. The third-order valence-corrected chi connectivity index (χ3v) is 2.39. The van der Waals surface area contributed by atoms with Crippen molar-refractivity contribution in [2.75, 3.05) is 7.11 Å². The molecule has 2 heteroatoms. The van der Waals surface area contributed by atoms with Gasteiger partial charge in [0.1, 0.15) is 0 Å². The van der Waals surface area contributed by atoms with Gasteiger partial charge in [0.05, 0.1) is 6.10 Å². The second-order valence-corrected chi connectivity index (χ2v) is 3.52. The lowest BCUT2D eigenvalue weighted by molar-refractivity contribution is 0.0774. The van der Waals surface area contributed by atoms with E-state index in [2.05, 4.69) is 19.1 Å². The molecule has 1 rings (SSSR count). The lowest BCUT2D eigenvalue weighted by Gasteiger charge is -2.22. The van der Waals surface area contributed by atoms with Crippen LogP contribution in [0.25, 0.3) is 0 Å². The van der Waals surface area contributed by atoms with E-state index in [1.807, 2.05) is 18.2 Å². The van der Waals surface area contributed by atoms with Gasteiger partial charge in [-0.15, -0.1) is 0 Å². The van der Waals surface area contributed by atoms with Crippen LogP contribution in [-0.4, -0.2) is 13.2 Å². The molecule has 0 fully saturated rings. The average Bonchev–Trinajstić information content (AvgIpc) is 2.21. The lowest BCUT2D eigenvalue weighted by Crippen LogP contribution is -2.29. The summed E-state index contributed by atoms with van der Waals surface area (Å²) in [5.74, 6) is 0. The van der Waals surface area contributed by atoms with Gasteiger partial charge in [0.15, 0.2) is 0 Å². The van der Waals surface area contributed by atoms with Gasteiger partial charge in [0, 0.05) is 13.2 Å². The molecule has 0 aliphatic heterocycles. The molecule has 0 aromatic heterocycles. The van der Waals surface area contributed by atoms with Crippen molar-refractivity contribution >= 4 is 0 Å². The van der Waals surface area contributed by atoms with Gasteiger partial charge in [-0.1, -0.05) is 43.7 Å². The average molecular weight is 193 g/mol. The van der Waals surface area contributed by atoms with Gasteiger partial charge in [-0.3, -0.25) is 0 Å². The highest BCUT2D eigenvalue weighted by Gasteiger charge is 2.17. The molecule has 0 spiro atoms. The summed E-state index contributed by atoms with van der Waals surface area (Å²) in [5, 5.41) is 0. The van der Waals surface area contributed by atoms with Gasteiger partial charge in [-0.05, 0) is 12.0 Å². The Bertz CT molecular complexity index is 248. The molecule has 0 saturated carbocycles. The first-order valence-electron chi connectivity index (χ1n) is 5.13. The minimum absolute atomic E-state index is 0.0242. The summed E-state index contributed by atoms with van der Waals surface area (Å²) in [7, 11) is 1.72. The van der Waals surface area contributed by atoms with E-state index in [-0.39, 0.29) is 12.1 Å². The number of hydrogen-bond acceptors (Lipinski definition) is 2. The maximum Gasteiger partial charge on any atom is 0.0971 e. The van der Waals surface area contributed by atoms with E-state index >= 15 is 0 Å². The third-order valence-electron chi connectivity index (χ3n) is 2.39. The Kier molecular flexibility index (Phi) is 4.63. The van der Waals surface area contributed by atoms with Crippen LogP contribution in [0.4, 0.5) is 0 Å². The molecule has 1 unspecified atom stereocenters. The van der Waals surface area contributed by atoms with Crippen molar-refractivity contribution in [1.82, 2.24) is 0 Å². The SMILES string of the molecule is CCC[C@@H](N)C(OC)c1ccccc1. The first-order chi connectivity index (χ1) is 6.79. The number of ether oxygens (including phenoxy) is 1. The number of benzene rings is 1. The number of methoxy groups -OCH3 is 1. The van der Waals surface area contributed by atoms with E-state index in [1.165, 1.54) is 0 Å². The first-order valence-corrected chi connectivity index (χ1v) is 5.13. The van der Waals surface area contributed by atoms with Crippen LogP contribution >= 0.6 is 0 Å². The first kappa shape index (κ1) is 11.2. The molecule has 0 aliphatic rings. The van der Waals surface area contributed by atoms with Gasteiger partial charge >= 0.3 is 0 Å². The highest BCUT2D eigenvalue weighted by atomic mass is 16.5. The van der Waals surface area contributed by atoms with Crippen molar-refractivity contribution in [2.24, 2.45) is 5.73 Å². The van der Waals surface area contributed by atoms with E-state index in [0.717, 1.165) is 18.4 Å². The fourth-order valence-electron chi connectivity index (χ4n) is 1.69. The lowest BCUT2D eigenvalue weighted by atomic mass is 9.99. The van der Waals surface area contributed by atoms with E-state index < -0.39 is 0 Å². The predicted octanol–water partition coefficient (Wildman–Crippen LogP) is 2.50. The Morgan fingerprint density at radius 2 is 1.93 bits per heavy atom. The smallest absolute Gasteiger partial charge is 0.0971 e. The minimum Gasteiger partial charge on any atom is -0.375 e. The minimum atomic E-state index is 0.0242. The summed E-state index contributed by atoms with van der Waals surface area (Å²) in [4.78, 5) is 0. The summed E-state index contributed by atoms with van der Waals surface area (Å²) in [6.07, 6.45) is 2.11. The molecule has 2 atom stereocenters. The highest BCUT2D eigenvalue weighted by molar-refractivity contribution is 5.19. The van der Waals surface area contributed by atoms with Crippen LogP contribution in [-0.2, 0) is 4.74 Å². The molecule has 1 aromatic rings. The molecule has 1 aromatic carbocycles. The van der Waals surface area contributed by atoms with Crippen LogP contribution in [0.2, 0.25) is 0 Å². The normalized spacial score (nSPS) is 15.1. The zero-order valence-electron chi connectivity index (χ0n) is 8.94. The molecule has 0 saturated heterocycles. The quantitative estimate of drug-likeness (QED) is 0.779. The van der Waals surface area contributed by atoms with Crippen LogP contribution in [0.1, 0.15) is 31.4 Å². The molecule has 0 bridgehead atoms. The Balaban J connectivity index is 2.71. The van der Waals surface area contributed by atoms with Crippen molar-refractivity contribution in [3.63, 3.8) is 0 Å². The number of rotatable bonds is 5. The van der Waals surface area contributed by atoms with E-state index in [4.69, 9.17) is 10.5 Å². The molecule has 0 heterocycles. The fraction of sp³-hybridized carbons (Fsp3) is 0.500. The Labute approximate surface area is 86.1 Å². The van der Waals surface area contributed by atoms with Gasteiger partial charge in [-0.2, -0.15) is 0 Å². The fourth-order valence-corrected chi connectivity index (χ4v) is 1.69. The van der Waals surface area contributed by atoms with Crippen LogP contribution in [0.15, 0.2) is 30.3 Å². The molecular weight excluding hydrogens is 174 g/mol. The summed E-state index contributed by atoms with van der Waals surface area (Å²) in [6.45, 7) is 2.14. The Morgan fingerprint density at radius 1 is 1.29 bits per heavy atom. The zero-order chi connectivity index (χ0) is 10.4. The molecule has 2 N–H and O–H groups in total. The van der Waals surface area contributed by atoms with Crippen molar-refractivity contribution in [1.29, 1.82) is 0 Å². The molecular formula is C12H19NO. The van der Waals surface area contributed by atoms with Crippen LogP contribution < -0.4 is 5.73 Å². The Hall–Kier alpha value is -0.860. The topological polar surface area (TPSA) is 35.2 Å². The zero-order valence-corrected chi connectivity index (χ0v) is 8.94. The van der Waals surface area contributed by atoms with Gasteiger partial charge < -0.3 is 10.5 Å². The summed E-state index contributed by atoms with van der Waals surface area (Å²) in [5.41, 5.74) is 7.21. The number of nitrogens with two attached hydrogens (primary N) is 1. The molecule has 0 amide bonds. The largest absolute Gasteiger partial charge is 0.375 e. The van der Waals surface area contributed by atoms with Crippen LogP contribution in [0, 0.1) is 0 Å². The van der Waals surface area contributed by atoms with Gasteiger partial charge in [-0.25, -0.2) is 0 Å². The Morgan fingerprint density at radius 3 is 2.43 bits per heavy atom. The molecule has 0 aliphatic carbocycles. The molecule has 14 heavy (non-hydrogen) atoms. The van der Waals surface area contributed by atoms with Crippen molar-refractivity contribution in [3.05, 3.63) is 35.9 Å². The van der Waals surface area contributed by atoms with E-state index in [0.29, 0.717) is 0 Å². The summed E-state index contributed by atoms with van der Waals surface area (Å²) < 4.78 is 5.43. The van der Waals surface area contributed by atoms with Gasteiger partial charge in [0.25, 0.3) is 0 Å². The standard InChI is InChI=1S/C12H19NO/c1-3-7-11(13)12(14-2)10-8-5-4-6-9-10/h4-6,8-9,11-12H,3,7,13H2,1-2H3/t11-,12?/m1/s1. The second-order valence-electron chi connectivity index (χ2n) is 3.52. The van der Waals surface area contributed by atoms with Crippen LogP contribution in [0.3, 0.4) is 0 Å². The maximum absolute atomic E-state index is 6.05. The van der Waals surface area contributed by atoms with Gasteiger partial charge in [0.2, 0.25) is 0 Å². The second kappa shape index (κ2) is 5.78. The monoisotopic (exact) mass is 193 g/mol. The van der Waals surface area contributed by atoms with E-state index in [1.54, 1.807) is 7.11 Å². The maximum atomic E-state index is 6.05. The van der Waals surface area contributed by atoms with Crippen LogP contribution in [0.5, 0.6) is 0 Å².